The average molecular weight is 266 g/mol. The molecule has 1 N–H and O–H groups in total. The minimum absolute atomic E-state index is 0.0278. The van der Waals surface area contributed by atoms with Gasteiger partial charge in [0.25, 0.3) is 5.56 Å². The molecule has 0 spiro atoms. The van der Waals surface area contributed by atoms with Crippen molar-refractivity contribution < 1.29 is 13.2 Å². The Kier molecular flexibility index (Phi) is 3.15. The Morgan fingerprint density at radius 3 is 2.39 bits per heavy atom. The number of ether oxygens (including phenoxy) is 1. The van der Waals surface area contributed by atoms with Crippen LogP contribution in [0.25, 0.3) is 0 Å². The van der Waals surface area contributed by atoms with E-state index in [9.17, 15) is 13.2 Å². The van der Waals surface area contributed by atoms with Gasteiger partial charge in [-0.15, -0.1) is 0 Å². The molecule has 1 aromatic heterocycles. The Morgan fingerprint density at radius 1 is 1.17 bits per heavy atom. The summed E-state index contributed by atoms with van der Waals surface area (Å²) in [6, 6.07) is 6.96. The number of hydrogen-bond acceptors (Lipinski definition) is 5. The molecule has 0 aliphatic heterocycles. The lowest BCUT2D eigenvalue weighted by molar-refractivity contribution is 0.414. The van der Waals surface area contributed by atoms with Gasteiger partial charge in [-0.1, -0.05) is 0 Å². The van der Waals surface area contributed by atoms with Crippen LogP contribution in [0.1, 0.15) is 0 Å². The lowest BCUT2D eigenvalue weighted by Gasteiger charge is -2.04. The second-order valence-corrected chi connectivity index (χ2v) is 5.35. The molecule has 0 fully saturated rings. The first-order valence-corrected chi connectivity index (χ1v) is 6.47. The van der Waals surface area contributed by atoms with Crippen molar-refractivity contribution in [1.82, 2.24) is 10.2 Å². The SMILES string of the molecule is COc1ccc(S(=O)(=O)c2ccn[nH]c2=O)cc1. The van der Waals surface area contributed by atoms with Crippen LogP contribution in [0.15, 0.2) is 51.1 Å². The summed E-state index contributed by atoms with van der Waals surface area (Å²) in [4.78, 5) is 11.1. The van der Waals surface area contributed by atoms with Crippen LogP contribution in [0.4, 0.5) is 0 Å². The summed E-state index contributed by atoms with van der Waals surface area (Å²) in [5, 5.41) is 5.55. The minimum Gasteiger partial charge on any atom is -0.497 e. The molecular weight excluding hydrogens is 256 g/mol. The van der Waals surface area contributed by atoms with Crippen LogP contribution < -0.4 is 10.3 Å². The fraction of sp³-hybridized carbons (Fsp3) is 0.0909. The molecule has 0 saturated carbocycles. The van der Waals surface area contributed by atoms with Crippen LogP contribution in [0, 0.1) is 0 Å². The van der Waals surface area contributed by atoms with Crippen LogP contribution in [0.2, 0.25) is 0 Å². The number of benzene rings is 1. The zero-order chi connectivity index (χ0) is 13.2. The molecule has 7 heteroatoms. The molecule has 18 heavy (non-hydrogen) atoms. The Bertz CT molecular complexity index is 704. The lowest BCUT2D eigenvalue weighted by atomic mass is 10.3. The van der Waals surface area contributed by atoms with Crippen molar-refractivity contribution in [2.75, 3.05) is 7.11 Å². The van der Waals surface area contributed by atoms with E-state index >= 15 is 0 Å². The number of nitrogens with zero attached hydrogens (tertiary/aromatic N) is 1. The lowest BCUT2D eigenvalue weighted by Crippen LogP contribution is -2.18. The number of methoxy groups -OCH3 is 1. The predicted molar refractivity (Wildman–Crippen MR) is 63.3 cm³/mol. The van der Waals surface area contributed by atoms with Crippen LogP contribution in [-0.4, -0.2) is 25.7 Å². The van der Waals surface area contributed by atoms with E-state index in [2.05, 4.69) is 10.2 Å². The highest BCUT2D eigenvalue weighted by Gasteiger charge is 2.20. The Hall–Kier alpha value is -2.15. The third kappa shape index (κ3) is 2.12. The first-order chi connectivity index (χ1) is 8.55. The summed E-state index contributed by atoms with van der Waals surface area (Å²) in [5.41, 5.74) is -0.742. The van der Waals surface area contributed by atoms with Gasteiger partial charge < -0.3 is 4.74 Å². The Labute approximate surface area is 103 Å². The van der Waals surface area contributed by atoms with E-state index in [1.807, 2.05) is 0 Å². The molecule has 1 aromatic carbocycles. The van der Waals surface area contributed by atoms with Gasteiger partial charge in [0.2, 0.25) is 9.84 Å². The highest BCUT2D eigenvalue weighted by molar-refractivity contribution is 7.91. The summed E-state index contributed by atoms with van der Waals surface area (Å²) in [6.45, 7) is 0. The number of hydrogen-bond donors (Lipinski definition) is 1. The average Bonchev–Trinajstić information content (AvgIpc) is 2.39. The molecular formula is C11H10N2O4S. The fourth-order valence-electron chi connectivity index (χ4n) is 1.43. The largest absolute Gasteiger partial charge is 0.497 e. The van der Waals surface area contributed by atoms with Crippen molar-refractivity contribution in [2.45, 2.75) is 9.79 Å². The maximum atomic E-state index is 12.2. The van der Waals surface area contributed by atoms with Crippen LogP contribution in [0.3, 0.4) is 0 Å². The van der Waals surface area contributed by atoms with Crippen LogP contribution in [0.5, 0.6) is 5.75 Å². The number of aromatic nitrogens is 2. The van der Waals surface area contributed by atoms with Gasteiger partial charge in [0.15, 0.2) is 0 Å². The van der Waals surface area contributed by atoms with Gasteiger partial charge in [0.05, 0.1) is 12.0 Å². The number of aromatic amines is 1. The van der Waals surface area contributed by atoms with E-state index in [1.165, 1.54) is 43.6 Å². The zero-order valence-electron chi connectivity index (χ0n) is 9.45. The van der Waals surface area contributed by atoms with Crippen molar-refractivity contribution in [2.24, 2.45) is 0 Å². The number of rotatable bonds is 3. The monoisotopic (exact) mass is 266 g/mol. The zero-order valence-corrected chi connectivity index (χ0v) is 10.3. The number of sulfone groups is 1. The van der Waals surface area contributed by atoms with Gasteiger partial charge in [0.1, 0.15) is 10.6 Å². The van der Waals surface area contributed by atoms with Gasteiger partial charge in [-0.3, -0.25) is 4.79 Å². The fourth-order valence-corrected chi connectivity index (χ4v) is 2.70. The van der Waals surface area contributed by atoms with E-state index in [4.69, 9.17) is 4.74 Å². The molecule has 0 aliphatic carbocycles. The second-order valence-electron chi connectivity index (χ2n) is 3.43. The molecule has 0 saturated heterocycles. The molecule has 0 atom stereocenters. The van der Waals surface area contributed by atoms with Gasteiger partial charge in [-0.05, 0) is 30.3 Å². The van der Waals surface area contributed by atoms with Crippen LogP contribution >= 0.6 is 0 Å². The quantitative estimate of drug-likeness (QED) is 0.879. The number of H-pyrrole nitrogens is 1. The van der Waals surface area contributed by atoms with Crippen molar-refractivity contribution >= 4 is 9.84 Å². The Balaban J connectivity index is 2.55. The second kappa shape index (κ2) is 4.61. The summed E-state index contributed by atoms with van der Waals surface area (Å²) < 4.78 is 29.3. The van der Waals surface area contributed by atoms with Crippen molar-refractivity contribution in [1.29, 1.82) is 0 Å². The van der Waals surface area contributed by atoms with E-state index in [-0.39, 0.29) is 9.79 Å². The number of nitrogens with one attached hydrogen (secondary N) is 1. The third-order valence-electron chi connectivity index (χ3n) is 2.35. The topological polar surface area (TPSA) is 89.1 Å². The standard InChI is InChI=1S/C11H10N2O4S/c1-17-8-2-4-9(5-3-8)18(15,16)10-6-7-12-13-11(10)14/h2-7H,1H3,(H,13,14). The van der Waals surface area contributed by atoms with Crippen molar-refractivity contribution in [3.05, 3.63) is 46.9 Å². The third-order valence-corrected chi connectivity index (χ3v) is 4.14. The molecule has 94 valence electrons. The molecule has 0 bridgehead atoms. The summed E-state index contributed by atoms with van der Waals surface area (Å²) in [7, 11) is -2.35. The van der Waals surface area contributed by atoms with Gasteiger partial charge >= 0.3 is 0 Å². The molecule has 2 aromatic rings. The minimum atomic E-state index is -3.83. The molecule has 1 heterocycles. The first kappa shape index (κ1) is 12.3. The van der Waals surface area contributed by atoms with E-state index in [0.29, 0.717) is 5.75 Å². The molecule has 2 rings (SSSR count). The molecule has 0 unspecified atom stereocenters. The molecule has 0 radical (unpaired) electrons. The maximum absolute atomic E-state index is 12.2. The van der Waals surface area contributed by atoms with E-state index in [0.717, 1.165) is 0 Å². The van der Waals surface area contributed by atoms with Crippen molar-refractivity contribution in [3.63, 3.8) is 0 Å². The van der Waals surface area contributed by atoms with Gasteiger partial charge in [0, 0.05) is 6.20 Å². The normalized spacial score (nSPS) is 11.2. The molecule has 6 nitrogen and oxygen atoms in total. The Morgan fingerprint density at radius 2 is 1.83 bits per heavy atom. The maximum Gasteiger partial charge on any atom is 0.283 e. The van der Waals surface area contributed by atoms with Gasteiger partial charge in [-0.25, -0.2) is 13.5 Å². The predicted octanol–water partition coefficient (Wildman–Crippen LogP) is 0.611. The summed E-state index contributed by atoms with van der Waals surface area (Å²) in [5.74, 6) is 0.539. The van der Waals surface area contributed by atoms with Crippen molar-refractivity contribution in [3.8, 4) is 5.75 Å². The smallest absolute Gasteiger partial charge is 0.283 e. The van der Waals surface area contributed by atoms with Crippen LogP contribution in [-0.2, 0) is 9.84 Å². The summed E-state index contributed by atoms with van der Waals surface area (Å²) in [6.07, 6.45) is 1.22. The molecule has 0 amide bonds. The van der Waals surface area contributed by atoms with Gasteiger partial charge in [-0.2, -0.15) is 5.10 Å². The van der Waals surface area contributed by atoms with E-state index < -0.39 is 15.4 Å². The highest BCUT2D eigenvalue weighted by atomic mass is 32.2. The highest BCUT2D eigenvalue weighted by Crippen LogP contribution is 2.20. The van der Waals surface area contributed by atoms with E-state index in [1.54, 1.807) is 0 Å². The summed E-state index contributed by atoms with van der Waals surface area (Å²) >= 11 is 0. The first-order valence-electron chi connectivity index (χ1n) is 4.98. The molecule has 0 aliphatic rings.